The van der Waals surface area contributed by atoms with Crippen LogP contribution in [-0.4, -0.2) is 23.0 Å². The molecule has 0 unspecified atom stereocenters. The van der Waals surface area contributed by atoms with Crippen molar-refractivity contribution in [1.29, 1.82) is 0 Å². The standard InChI is InChI=1S/C23H35NO3/c1-14(24-26)19-7-8-20-18-6-5-16-13-17(27-15(2)25)9-11-22(16,3)21(18)10-12-23(19,20)4/h5,17-21,26H,6-13H2,1-4H3/b24-14-/t17-,18+,19+,20+,21+,22-,23+/m0/s1. The Balaban J connectivity index is 1.58. The first-order valence-electron chi connectivity index (χ1n) is 10.8. The number of fused-ring (bicyclic) bond motifs is 5. The molecule has 4 aliphatic carbocycles. The maximum atomic E-state index is 11.4. The molecule has 3 saturated carbocycles. The van der Waals surface area contributed by atoms with Crippen LogP contribution in [0.5, 0.6) is 0 Å². The molecule has 0 aromatic heterocycles. The molecule has 0 aromatic carbocycles. The van der Waals surface area contributed by atoms with Gasteiger partial charge in [-0.1, -0.05) is 30.7 Å². The molecule has 0 bridgehead atoms. The molecule has 1 N–H and O–H groups in total. The summed E-state index contributed by atoms with van der Waals surface area (Å²) >= 11 is 0. The number of rotatable bonds is 2. The van der Waals surface area contributed by atoms with Crippen LogP contribution in [-0.2, 0) is 9.53 Å². The van der Waals surface area contributed by atoms with Gasteiger partial charge in [0.05, 0.1) is 5.71 Å². The summed E-state index contributed by atoms with van der Waals surface area (Å²) in [5.74, 6) is 2.52. The number of carbonyl (C=O) groups excluding carboxylic acids is 1. The Bertz CT molecular complexity index is 683. The van der Waals surface area contributed by atoms with Crippen LogP contribution >= 0.6 is 0 Å². The molecule has 0 heterocycles. The molecule has 0 amide bonds. The fourth-order valence-electron chi connectivity index (χ4n) is 7.72. The number of ether oxygens (including phenoxy) is 1. The van der Waals surface area contributed by atoms with Crippen molar-refractivity contribution in [3.63, 3.8) is 0 Å². The molecule has 4 rings (SSSR count). The third kappa shape index (κ3) is 2.86. The van der Waals surface area contributed by atoms with Crippen LogP contribution in [0.1, 0.15) is 79.1 Å². The Kier molecular flexibility index (Phi) is 4.67. The fourth-order valence-corrected chi connectivity index (χ4v) is 7.72. The lowest BCUT2D eigenvalue weighted by molar-refractivity contribution is -0.148. The highest BCUT2D eigenvalue weighted by molar-refractivity contribution is 5.85. The second-order valence-electron chi connectivity index (χ2n) is 10.1. The fraction of sp³-hybridized carbons (Fsp3) is 0.826. The van der Waals surface area contributed by atoms with E-state index in [2.05, 4.69) is 25.1 Å². The van der Waals surface area contributed by atoms with Crippen LogP contribution in [0.25, 0.3) is 0 Å². The van der Waals surface area contributed by atoms with E-state index in [9.17, 15) is 10.0 Å². The summed E-state index contributed by atoms with van der Waals surface area (Å²) in [5.41, 5.74) is 3.04. The first kappa shape index (κ1) is 19.0. The number of esters is 1. The summed E-state index contributed by atoms with van der Waals surface area (Å²) in [6, 6.07) is 0. The van der Waals surface area contributed by atoms with Gasteiger partial charge in [-0.2, -0.15) is 0 Å². The summed E-state index contributed by atoms with van der Waals surface area (Å²) in [6.45, 7) is 8.46. The SMILES string of the molecule is CC(=O)O[C@H]1CC[C@@]2(C)C(=CC[C@@H]3[C@H]4CC[C@H](/C(C)=N\O)[C@@]4(C)CC[C@H]32)C1. The van der Waals surface area contributed by atoms with Gasteiger partial charge in [-0.25, -0.2) is 0 Å². The van der Waals surface area contributed by atoms with Crippen LogP contribution in [0.3, 0.4) is 0 Å². The highest BCUT2D eigenvalue weighted by Crippen LogP contribution is 2.66. The largest absolute Gasteiger partial charge is 0.462 e. The first-order chi connectivity index (χ1) is 12.8. The average Bonchev–Trinajstić information content (AvgIpc) is 2.98. The van der Waals surface area contributed by atoms with E-state index in [1.54, 1.807) is 5.57 Å². The van der Waals surface area contributed by atoms with Crippen LogP contribution < -0.4 is 0 Å². The third-order valence-electron chi connectivity index (χ3n) is 9.05. The quantitative estimate of drug-likeness (QED) is 0.233. The van der Waals surface area contributed by atoms with E-state index in [0.29, 0.717) is 5.92 Å². The van der Waals surface area contributed by atoms with E-state index in [1.165, 1.54) is 39.0 Å². The molecule has 0 aromatic rings. The number of allylic oxidation sites excluding steroid dienone is 1. The molecule has 0 spiro atoms. The van der Waals surface area contributed by atoms with Gasteiger partial charge < -0.3 is 9.94 Å². The predicted octanol–water partition coefficient (Wildman–Crippen LogP) is 5.35. The Hall–Kier alpha value is -1.32. The number of hydrogen-bond donors (Lipinski definition) is 1. The third-order valence-corrected chi connectivity index (χ3v) is 9.05. The van der Waals surface area contributed by atoms with Gasteiger partial charge in [-0.15, -0.1) is 0 Å². The predicted molar refractivity (Wildman–Crippen MR) is 106 cm³/mol. The van der Waals surface area contributed by atoms with E-state index in [4.69, 9.17) is 4.74 Å². The maximum Gasteiger partial charge on any atom is 0.302 e. The zero-order valence-corrected chi connectivity index (χ0v) is 17.3. The maximum absolute atomic E-state index is 11.4. The summed E-state index contributed by atoms with van der Waals surface area (Å²) in [7, 11) is 0. The molecule has 4 heteroatoms. The molecular weight excluding hydrogens is 338 g/mol. The number of carbonyl (C=O) groups is 1. The van der Waals surface area contributed by atoms with Crippen molar-refractivity contribution in [3.8, 4) is 0 Å². The van der Waals surface area contributed by atoms with Gasteiger partial charge in [0.25, 0.3) is 0 Å². The van der Waals surface area contributed by atoms with E-state index in [0.717, 1.165) is 42.7 Å². The van der Waals surface area contributed by atoms with Crippen LogP contribution in [0.2, 0.25) is 0 Å². The zero-order valence-electron chi connectivity index (χ0n) is 17.3. The molecule has 0 aliphatic heterocycles. The molecular formula is C23H35NO3. The molecule has 27 heavy (non-hydrogen) atoms. The Morgan fingerprint density at radius 1 is 1.15 bits per heavy atom. The minimum absolute atomic E-state index is 0.0755. The van der Waals surface area contributed by atoms with E-state index >= 15 is 0 Å². The van der Waals surface area contributed by atoms with Gasteiger partial charge in [0, 0.05) is 19.3 Å². The van der Waals surface area contributed by atoms with Gasteiger partial charge in [0.1, 0.15) is 6.10 Å². The molecule has 0 saturated heterocycles. The second-order valence-corrected chi connectivity index (χ2v) is 10.1. The number of oxime groups is 1. The van der Waals surface area contributed by atoms with Crippen molar-refractivity contribution in [2.45, 2.75) is 85.2 Å². The zero-order chi connectivity index (χ0) is 19.4. The summed E-state index contributed by atoms with van der Waals surface area (Å²) in [6.07, 6.45) is 11.8. The molecule has 150 valence electrons. The van der Waals surface area contributed by atoms with Gasteiger partial charge in [0.2, 0.25) is 0 Å². The van der Waals surface area contributed by atoms with Crippen molar-refractivity contribution < 1.29 is 14.7 Å². The van der Waals surface area contributed by atoms with Gasteiger partial charge >= 0.3 is 5.97 Å². The van der Waals surface area contributed by atoms with Crippen LogP contribution in [0.15, 0.2) is 16.8 Å². The van der Waals surface area contributed by atoms with Crippen molar-refractivity contribution in [3.05, 3.63) is 11.6 Å². The normalized spacial score (nSPS) is 46.7. The molecule has 0 radical (unpaired) electrons. The second kappa shape index (κ2) is 6.63. The smallest absolute Gasteiger partial charge is 0.302 e. The molecule has 3 fully saturated rings. The topological polar surface area (TPSA) is 58.9 Å². The number of hydrogen-bond acceptors (Lipinski definition) is 4. The van der Waals surface area contributed by atoms with Crippen molar-refractivity contribution in [2.24, 2.45) is 39.7 Å². The van der Waals surface area contributed by atoms with Crippen molar-refractivity contribution in [2.75, 3.05) is 0 Å². The number of nitrogens with zero attached hydrogens (tertiary/aromatic N) is 1. The van der Waals surface area contributed by atoms with Gasteiger partial charge in [-0.3, -0.25) is 4.79 Å². The summed E-state index contributed by atoms with van der Waals surface area (Å²) in [4.78, 5) is 11.4. The molecule has 7 atom stereocenters. The monoisotopic (exact) mass is 373 g/mol. The minimum Gasteiger partial charge on any atom is -0.462 e. The Labute approximate surface area is 163 Å². The lowest BCUT2D eigenvalue weighted by atomic mass is 9.47. The van der Waals surface area contributed by atoms with E-state index in [1.807, 2.05) is 6.92 Å². The average molecular weight is 374 g/mol. The van der Waals surface area contributed by atoms with Gasteiger partial charge in [-0.05, 0) is 80.5 Å². The molecule has 4 nitrogen and oxygen atoms in total. The van der Waals surface area contributed by atoms with E-state index < -0.39 is 0 Å². The first-order valence-corrected chi connectivity index (χ1v) is 10.8. The lowest BCUT2D eigenvalue weighted by Crippen LogP contribution is -2.51. The Morgan fingerprint density at radius 3 is 2.63 bits per heavy atom. The van der Waals surface area contributed by atoms with E-state index in [-0.39, 0.29) is 22.9 Å². The lowest BCUT2D eigenvalue weighted by Gasteiger charge is -2.58. The minimum atomic E-state index is -0.149. The van der Waals surface area contributed by atoms with Crippen molar-refractivity contribution >= 4 is 11.7 Å². The van der Waals surface area contributed by atoms with Crippen LogP contribution in [0.4, 0.5) is 0 Å². The summed E-state index contributed by atoms with van der Waals surface area (Å²) < 4.78 is 5.54. The summed E-state index contributed by atoms with van der Waals surface area (Å²) in [5, 5.41) is 12.9. The Morgan fingerprint density at radius 2 is 1.93 bits per heavy atom. The van der Waals surface area contributed by atoms with Crippen molar-refractivity contribution in [1.82, 2.24) is 0 Å². The van der Waals surface area contributed by atoms with Gasteiger partial charge in [0.15, 0.2) is 0 Å². The molecule has 4 aliphatic rings. The van der Waals surface area contributed by atoms with Crippen LogP contribution in [0, 0.1) is 34.5 Å². The highest BCUT2D eigenvalue weighted by atomic mass is 16.5. The highest BCUT2D eigenvalue weighted by Gasteiger charge is 2.59.